The Morgan fingerprint density at radius 1 is 1.31 bits per heavy atom. The zero-order valence-electron chi connectivity index (χ0n) is 15.7. The molecule has 0 saturated heterocycles. The highest BCUT2D eigenvalue weighted by atomic mass is 19.1. The molecule has 0 aliphatic heterocycles. The first-order chi connectivity index (χ1) is 13.8. The van der Waals surface area contributed by atoms with Crippen molar-refractivity contribution in [2.24, 2.45) is 0 Å². The Hall–Kier alpha value is -3.14. The van der Waals surface area contributed by atoms with E-state index in [9.17, 15) is 23.9 Å². The summed E-state index contributed by atoms with van der Waals surface area (Å²) in [5.74, 6) is -3.00. The number of carboxylic acids is 2. The third kappa shape index (κ3) is 4.32. The minimum atomic E-state index is -1.37. The zero-order valence-corrected chi connectivity index (χ0v) is 15.7. The number of aromatic carboxylic acids is 1. The van der Waals surface area contributed by atoms with Crippen LogP contribution in [0.25, 0.3) is 10.9 Å². The van der Waals surface area contributed by atoms with Gasteiger partial charge in [0.2, 0.25) is 5.43 Å². The largest absolute Gasteiger partial charge is 0.492 e. The van der Waals surface area contributed by atoms with Crippen LogP contribution >= 0.6 is 0 Å². The summed E-state index contributed by atoms with van der Waals surface area (Å²) in [4.78, 5) is 34.5. The lowest BCUT2D eigenvalue weighted by atomic mass is 10.1. The van der Waals surface area contributed by atoms with Crippen LogP contribution in [0.15, 0.2) is 17.1 Å². The summed E-state index contributed by atoms with van der Waals surface area (Å²) in [5.41, 5.74) is -0.831. The van der Waals surface area contributed by atoms with Gasteiger partial charge in [0, 0.05) is 18.8 Å². The molecule has 1 saturated carbocycles. The minimum Gasteiger partial charge on any atom is -0.492 e. The molecule has 1 heterocycles. The maximum absolute atomic E-state index is 14.8. The average Bonchev–Trinajstić information content (AvgIpc) is 3.50. The first-order valence-corrected chi connectivity index (χ1v) is 9.07. The number of rotatable bonds is 10. The molecule has 0 bridgehead atoms. The fraction of sp³-hybridized carbons (Fsp3) is 0.421. The maximum Gasteiger partial charge on any atom is 0.341 e. The Labute approximate surface area is 164 Å². The molecule has 156 valence electrons. The van der Waals surface area contributed by atoms with E-state index in [-0.39, 0.29) is 49.0 Å². The molecule has 0 spiro atoms. The molecule has 9 nitrogen and oxygen atoms in total. The second-order valence-electron chi connectivity index (χ2n) is 6.66. The molecule has 1 aliphatic rings. The van der Waals surface area contributed by atoms with E-state index in [1.54, 1.807) is 4.57 Å². The quantitative estimate of drug-likeness (QED) is 0.510. The van der Waals surface area contributed by atoms with Crippen molar-refractivity contribution in [3.8, 4) is 5.75 Å². The molecular weight excluding hydrogens is 387 g/mol. The number of methoxy groups -OCH3 is 1. The Balaban J connectivity index is 1.97. The third-order valence-electron chi connectivity index (χ3n) is 4.61. The standard InChI is InChI=1S/C19H21FN2O7/c1-28-18-15(21-5-7-29-6-4-14(23)24)13(20)8-11-16(18)22(10-2-3-10)9-12(17(11)25)19(26)27/h8-10,21H,2-7H2,1H3,(H,23,24)(H,26,27). The van der Waals surface area contributed by atoms with E-state index < -0.39 is 28.7 Å². The number of aliphatic carboxylic acids is 1. The number of hydrogen-bond acceptors (Lipinski definition) is 6. The number of pyridine rings is 1. The number of carbonyl (C=O) groups is 2. The molecule has 0 amide bonds. The van der Waals surface area contributed by atoms with Gasteiger partial charge in [0.05, 0.1) is 37.6 Å². The van der Waals surface area contributed by atoms with Crippen LogP contribution < -0.4 is 15.5 Å². The van der Waals surface area contributed by atoms with Crippen molar-refractivity contribution in [1.29, 1.82) is 0 Å². The fourth-order valence-electron chi connectivity index (χ4n) is 3.12. The maximum atomic E-state index is 14.8. The first-order valence-electron chi connectivity index (χ1n) is 9.07. The Morgan fingerprint density at radius 3 is 2.62 bits per heavy atom. The Kier molecular flexibility index (Phi) is 6.02. The number of ether oxygens (including phenoxy) is 2. The number of fused-ring (bicyclic) bond motifs is 1. The predicted octanol–water partition coefficient (Wildman–Crippen LogP) is 2.09. The van der Waals surface area contributed by atoms with E-state index in [4.69, 9.17) is 14.6 Å². The lowest BCUT2D eigenvalue weighted by molar-refractivity contribution is -0.138. The zero-order chi connectivity index (χ0) is 21.1. The van der Waals surface area contributed by atoms with Crippen molar-refractivity contribution in [3.05, 3.63) is 33.9 Å². The fourth-order valence-corrected chi connectivity index (χ4v) is 3.12. The van der Waals surface area contributed by atoms with E-state index in [0.29, 0.717) is 5.52 Å². The number of benzene rings is 1. The molecule has 0 unspecified atom stereocenters. The molecule has 0 radical (unpaired) electrons. The summed E-state index contributed by atoms with van der Waals surface area (Å²) in [6.07, 6.45) is 2.78. The van der Waals surface area contributed by atoms with Gasteiger partial charge in [-0.3, -0.25) is 9.59 Å². The van der Waals surface area contributed by atoms with Crippen LogP contribution in [0.3, 0.4) is 0 Å². The van der Waals surface area contributed by atoms with E-state index >= 15 is 0 Å². The second kappa shape index (κ2) is 8.48. The van der Waals surface area contributed by atoms with Gasteiger partial charge in [-0.05, 0) is 18.9 Å². The van der Waals surface area contributed by atoms with E-state index in [1.165, 1.54) is 13.3 Å². The van der Waals surface area contributed by atoms with Crippen molar-refractivity contribution in [3.63, 3.8) is 0 Å². The molecule has 1 aliphatic carbocycles. The van der Waals surface area contributed by atoms with E-state index in [2.05, 4.69) is 5.32 Å². The summed E-state index contributed by atoms with van der Waals surface area (Å²) < 4.78 is 27.0. The van der Waals surface area contributed by atoms with E-state index in [0.717, 1.165) is 18.9 Å². The van der Waals surface area contributed by atoms with Gasteiger partial charge in [0.25, 0.3) is 0 Å². The highest BCUT2D eigenvalue weighted by molar-refractivity contribution is 5.97. The number of hydrogen-bond donors (Lipinski definition) is 3. The Morgan fingerprint density at radius 2 is 2.03 bits per heavy atom. The number of aromatic nitrogens is 1. The lowest BCUT2D eigenvalue weighted by Gasteiger charge is -2.19. The summed E-state index contributed by atoms with van der Waals surface area (Å²) in [6, 6.07) is 1.03. The van der Waals surface area contributed by atoms with Crippen molar-refractivity contribution in [2.75, 3.05) is 32.2 Å². The molecule has 1 fully saturated rings. The van der Waals surface area contributed by atoms with Gasteiger partial charge in [0.1, 0.15) is 11.3 Å². The van der Waals surface area contributed by atoms with Crippen LogP contribution in [-0.4, -0.2) is 53.6 Å². The molecule has 1 aromatic carbocycles. The number of nitrogens with one attached hydrogen (secondary N) is 1. The normalized spacial score (nSPS) is 13.4. The monoisotopic (exact) mass is 408 g/mol. The van der Waals surface area contributed by atoms with Gasteiger partial charge >= 0.3 is 11.9 Å². The summed E-state index contributed by atoms with van der Waals surface area (Å²) in [7, 11) is 1.34. The lowest BCUT2D eigenvalue weighted by Crippen LogP contribution is -2.20. The summed E-state index contributed by atoms with van der Waals surface area (Å²) in [5, 5.41) is 20.7. The average molecular weight is 408 g/mol. The van der Waals surface area contributed by atoms with Crippen LogP contribution in [0.4, 0.5) is 10.1 Å². The number of anilines is 1. The van der Waals surface area contributed by atoms with Crippen LogP contribution in [0.1, 0.15) is 35.7 Å². The number of halogens is 1. The van der Waals surface area contributed by atoms with Crippen LogP contribution in [0.2, 0.25) is 0 Å². The van der Waals surface area contributed by atoms with Gasteiger partial charge in [-0.15, -0.1) is 0 Å². The topological polar surface area (TPSA) is 127 Å². The SMILES string of the molecule is COc1c(NCCOCCC(=O)O)c(F)cc2c(=O)c(C(=O)O)cn(C3CC3)c12. The molecule has 1 aromatic heterocycles. The van der Waals surface area contributed by atoms with Crippen LogP contribution in [0.5, 0.6) is 5.75 Å². The second-order valence-corrected chi connectivity index (χ2v) is 6.66. The molecule has 2 aromatic rings. The van der Waals surface area contributed by atoms with Gasteiger partial charge in [-0.25, -0.2) is 9.18 Å². The first kappa shape index (κ1) is 20.6. The third-order valence-corrected chi connectivity index (χ3v) is 4.61. The molecule has 3 rings (SSSR count). The molecule has 10 heteroatoms. The van der Waals surface area contributed by atoms with Crippen LogP contribution in [0, 0.1) is 5.82 Å². The number of carboxylic acid groups (broad SMARTS) is 2. The van der Waals surface area contributed by atoms with Crippen molar-refractivity contribution < 1.29 is 33.7 Å². The highest BCUT2D eigenvalue weighted by Crippen LogP contribution is 2.42. The van der Waals surface area contributed by atoms with Crippen molar-refractivity contribution >= 4 is 28.5 Å². The smallest absolute Gasteiger partial charge is 0.341 e. The molecule has 0 atom stereocenters. The molecule has 29 heavy (non-hydrogen) atoms. The van der Waals surface area contributed by atoms with Gasteiger partial charge in [-0.1, -0.05) is 0 Å². The molecular formula is C19H21FN2O7. The van der Waals surface area contributed by atoms with Crippen molar-refractivity contribution in [2.45, 2.75) is 25.3 Å². The van der Waals surface area contributed by atoms with Crippen LogP contribution in [-0.2, 0) is 9.53 Å². The predicted molar refractivity (Wildman–Crippen MR) is 102 cm³/mol. The van der Waals surface area contributed by atoms with Gasteiger partial charge in [-0.2, -0.15) is 0 Å². The van der Waals surface area contributed by atoms with Gasteiger partial charge < -0.3 is 29.6 Å². The van der Waals surface area contributed by atoms with Gasteiger partial charge in [0.15, 0.2) is 11.6 Å². The highest BCUT2D eigenvalue weighted by Gasteiger charge is 2.30. The van der Waals surface area contributed by atoms with E-state index in [1.807, 2.05) is 0 Å². The molecule has 3 N–H and O–H groups in total. The van der Waals surface area contributed by atoms with Crippen molar-refractivity contribution in [1.82, 2.24) is 4.57 Å². The number of nitrogens with zero attached hydrogens (tertiary/aromatic N) is 1. The Bertz CT molecular complexity index is 1010. The minimum absolute atomic E-state index is 0.0164. The summed E-state index contributed by atoms with van der Waals surface area (Å²) in [6.45, 7) is 0.355. The summed E-state index contributed by atoms with van der Waals surface area (Å²) >= 11 is 0.